The fraction of sp³-hybridized carbons (Fsp3) is 0.176. The van der Waals surface area contributed by atoms with Crippen LogP contribution in [0.4, 0.5) is 5.69 Å². The van der Waals surface area contributed by atoms with Crippen molar-refractivity contribution in [3.05, 3.63) is 58.6 Å². The van der Waals surface area contributed by atoms with Gasteiger partial charge in [0.15, 0.2) is 0 Å². The van der Waals surface area contributed by atoms with Crippen molar-refractivity contribution in [2.45, 2.75) is 13.8 Å². The highest BCUT2D eigenvalue weighted by atomic mass is 35.5. The molecule has 0 bridgehead atoms. The van der Waals surface area contributed by atoms with E-state index in [1.165, 1.54) is 0 Å². The van der Waals surface area contributed by atoms with Crippen LogP contribution >= 0.6 is 11.6 Å². The van der Waals surface area contributed by atoms with Gasteiger partial charge in [-0.2, -0.15) is 5.10 Å². The quantitative estimate of drug-likeness (QED) is 0.652. The van der Waals surface area contributed by atoms with Gasteiger partial charge < -0.3 is 14.6 Å². The van der Waals surface area contributed by atoms with E-state index in [2.05, 4.69) is 10.5 Å². The van der Waals surface area contributed by atoms with Gasteiger partial charge in [-0.1, -0.05) is 17.7 Å². The van der Waals surface area contributed by atoms with Crippen LogP contribution in [0, 0.1) is 6.92 Å². The number of nitrogens with zero attached hydrogens (tertiary/aromatic N) is 1. The standard InChI is InChI=1S/C17H17ClN2O3/c1-11-3-6-14(9-16(11)18)20-19-12(2)13-4-7-15(8-5-13)23-10-17(21)22/h3-9,20H,10H2,1-2H3,(H,21,22)/p-1/b19-12-. The van der Waals surface area contributed by atoms with E-state index in [-0.39, 0.29) is 0 Å². The van der Waals surface area contributed by atoms with Crippen LogP contribution in [-0.2, 0) is 4.79 Å². The van der Waals surface area contributed by atoms with Gasteiger partial charge in [-0.25, -0.2) is 0 Å². The van der Waals surface area contributed by atoms with Crippen LogP contribution in [0.5, 0.6) is 5.75 Å². The average molecular weight is 332 g/mol. The lowest BCUT2D eigenvalue weighted by Crippen LogP contribution is -2.28. The molecule has 0 spiro atoms. The van der Waals surface area contributed by atoms with E-state index >= 15 is 0 Å². The van der Waals surface area contributed by atoms with E-state index in [0.717, 1.165) is 22.5 Å². The molecule has 0 aliphatic heterocycles. The highest BCUT2D eigenvalue weighted by Gasteiger charge is 2.01. The highest BCUT2D eigenvalue weighted by Crippen LogP contribution is 2.20. The first-order valence-electron chi connectivity index (χ1n) is 6.95. The van der Waals surface area contributed by atoms with Crippen molar-refractivity contribution in [1.29, 1.82) is 0 Å². The molecule has 120 valence electrons. The Labute approximate surface area is 139 Å². The molecule has 6 heteroatoms. The molecule has 0 aliphatic carbocycles. The maximum absolute atomic E-state index is 10.3. The van der Waals surface area contributed by atoms with Crippen LogP contribution in [0.1, 0.15) is 18.1 Å². The third-order valence-electron chi connectivity index (χ3n) is 3.15. The van der Waals surface area contributed by atoms with Crippen LogP contribution in [-0.4, -0.2) is 18.3 Å². The molecular formula is C17H16ClN2O3-. The topological polar surface area (TPSA) is 73.8 Å². The number of aliphatic carboxylic acids is 1. The minimum Gasteiger partial charge on any atom is -0.546 e. The Kier molecular flexibility index (Phi) is 5.60. The summed E-state index contributed by atoms with van der Waals surface area (Å²) in [5.74, 6) is -0.795. The fourth-order valence-corrected chi connectivity index (χ4v) is 1.99. The van der Waals surface area contributed by atoms with Gasteiger partial charge >= 0.3 is 0 Å². The maximum Gasteiger partial charge on any atom is 0.128 e. The first-order valence-corrected chi connectivity index (χ1v) is 7.33. The Morgan fingerprint density at radius 2 is 1.96 bits per heavy atom. The van der Waals surface area contributed by atoms with Crippen LogP contribution in [0.2, 0.25) is 5.02 Å². The zero-order valence-electron chi connectivity index (χ0n) is 12.8. The second-order valence-electron chi connectivity index (χ2n) is 4.96. The number of anilines is 1. The average Bonchev–Trinajstić information content (AvgIpc) is 2.54. The zero-order chi connectivity index (χ0) is 16.8. The predicted octanol–water partition coefficient (Wildman–Crippen LogP) is 2.61. The summed E-state index contributed by atoms with van der Waals surface area (Å²) in [6.07, 6.45) is 0. The molecule has 5 nitrogen and oxygen atoms in total. The third kappa shape index (κ3) is 5.00. The molecule has 0 aromatic heterocycles. The fourth-order valence-electron chi connectivity index (χ4n) is 1.81. The van der Waals surface area contributed by atoms with E-state index < -0.39 is 12.6 Å². The Morgan fingerprint density at radius 3 is 2.57 bits per heavy atom. The monoisotopic (exact) mass is 331 g/mol. The first kappa shape index (κ1) is 16.8. The minimum atomic E-state index is -1.26. The highest BCUT2D eigenvalue weighted by molar-refractivity contribution is 6.31. The number of hydrogen-bond acceptors (Lipinski definition) is 5. The maximum atomic E-state index is 10.3. The van der Waals surface area contributed by atoms with Crippen molar-refractivity contribution < 1.29 is 14.6 Å². The molecule has 0 saturated carbocycles. The molecule has 0 radical (unpaired) electrons. The Hall–Kier alpha value is -2.53. The second kappa shape index (κ2) is 7.65. The van der Waals surface area contributed by atoms with Crippen LogP contribution in [0.15, 0.2) is 47.6 Å². The second-order valence-corrected chi connectivity index (χ2v) is 5.37. The molecule has 0 heterocycles. The Morgan fingerprint density at radius 1 is 1.26 bits per heavy atom. The van der Waals surface area contributed by atoms with E-state index in [0.29, 0.717) is 10.8 Å². The van der Waals surface area contributed by atoms with Crippen molar-refractivity contribution in [2.75, 3.05) is 12.0 Å². The lowest BCUT2D eigenvalue weighted by molar-refractivity contribution is -0.307. The molecule has 2 aromatic rings. The number of carbonyl (C=O) groups excluding carboxylic acids is 1. The summed E-state index contributed by atoms with van der Waals surface area (Å²) in [5.41, 5.74) is 6.41. The molecule has 0 fully saturated rings. The van der Waals surface area contributed by atoms with Crippen molar-refractivity contribution in [3.63, 3.8) is 0 Å². The molecule has 0 atom stereocenters. The summed E-state index contributed by atoms with van der Waals surface area (Å²) in [4.78, 5) is 10.3. The SMILES string of the molecule is C/C(=N/Nc1ccc(C)c(Cl)c1)c1ccc(OCC(=O)[O-])cc1. The van der Waals surface area contributed by atoms with Gasteiger partial charge in [-0.05, 0) is 61.4 Å². The normalized spacial score (nSPS) is 11.2. The Balaban J connectivity index is 2.02. The molecule has 2 rings (SSSR count). The van der Waals surface area contributed by atoms with Crippen LogP contribution in [0.3, 0.4) is 0 Å². The van der Waals surface area contributed by atoms with Gasteiger partial charge in [0.1, 0.15) is 12.4 Å². The zero-order valence-corrected chi connectivity index (χ0v) is 13.6. The number of ether oxygens (including phenoxy) is 1. The number of rotatable bonds is 6. The minimum absolute atomic E-state index is 0.462. The smallest absolute Gasteiger partial charge is 0.128 e. The van der Waals surface area contributed by atoms with Crippen molar-refractivity contribution >= 4 is 29.0 Å². The van der Waals surface area contributed by atoms with Crippen LogP contribution in [0.25, 0.3) is 0 Å². The lowest BCUT2D eigenvalue weighted by atomic mass is 10.1. The summed E-state index contributed by atoms with van der Waals surface area (Å²) < 4.78 is 5.02. The number of carboxylic acid groups (broad SMARTS) is 1. The Bertz CT molecular complexity index is 727. The van der Waals surface area contributed by atoms with Crippen molar-refractivity contribution in [3.8, 4) is 5.75 Å². The predicted molar refractivity (Wildman–Crippen MR) is 89.0 cm³/mol. The summed E-state index contributed by atoms with van der Waals surface area (Å²) in [5, 5.41) is 15.3. The van der Waals surface area contributed by atoms with E-state index in [4.69, 9.17) is 16.3 Å². The summed E-state index contributed by atoms with van der Waals surface area (Å²) >= 11 is 6.07. The van der Waals surface area contributed by atoms with Gasteiger partial charge in [-0.15, -0.1) is 0 Å². The molecule has 2 aromatic carbocycles. The van der Waals surface area contributed by atoms with Gasteiger partial charge in [0.25, 0.3) is 0 Å². The molecular weight excluding hydrogens is 316 g/mol. The van der Waals surface area contributed by atoms with E-state index in [1.54, 1.807) is 24.3 Å². The lowest BCUT2D eigenvalue weighted by Gasteiger charge is -2.08. The molecule has 0 saturated heterocycles. The summed E-state index contributed by atoms with van der Waals surface area (Å²) in [6.45, 7) is 3.33. The van der Waals surface area contributed by atoms with Gasteiger partial charge in [0, 0.05) is 5.02 Å². The largest absolute Gasteiger partial charge is 0.546 e. The van der Waals surface area contributed by atoms with Gasteiger partial charge in [0.05, 0.1) is 17.4 Å². The third-order valence-corrected chi connectivity index (χ3v) is 3.56. The number of carboxylic acids is 1. The summed E-state index contributed by atoms with van der Waals surface area (Å²) in [6, 6.07) is 12.6. The van der Waals surface area contributed by atoms with E-state index in [1.807, 2.05) is 32.0 Å². The van der Waals surface area contributed by atoms with Gasteiger partial charge in [-0.3, -0.25) is 5.43 Å². The molecule has 1 N–H and O–H groups in total. The molecule has 0 aliphatic rings. The number of nitrogens with one attached hydrogen (secondary N) is 1. The van der Waals surface area contributed by atoms with E-state index in [9.17, 15) is 9.90 Å². The molecule has 0 unspecified atom stereocenters. The number of halogens is 1. The molecule has 23 heavy (non-hydrogen) atoms. The summed E-state index contributed by atoms with van der Waals surface area (Å²) in [7, 11) is 0. The van der Waals surface area contributed by atoms with Crippen molar-refractivity contribution in [2.24, 2.45) is 5.10 Å². The number of benzene rings is 2. The molecule has 0 amide bonds. The number of hydrogen-bond donors (Lipinski definition) is 1. The number of hydrazone groups is 1. The number of carbonyl (C=O) groups is 1. The van der Waals surface area contributed by atoms with Crippen LogP contribution < -0.4 is 15.3 Å². The first-order chi connectivity index (χ1) is 11.0. The van der Waals surface area contributed by atoms with Gasteiger partial charge in [0.2, 0.25) is 0 Å². The van der Waals surface area contributed by atoms with Crippen molar-refractivity contribution in [1.82, 2.24) is 0 Å². The number of aryl methyl sites for hydroxylation is 1.